The molecule has 0 unspecified atom stereocenters. The van der Waals surface area contributed by atoms with Gasteiger partial charge in [-0.1, -0.05) is 20.8 Å². The lowest BCUT2D eigenvalue weighted by atomic mass is 9.95. The Hall–Kier alpha value is -0.790. The van der Waals surface area contributed by atoms with Gasteiger partial charge in [-0.2, -0.15) is 5.10 Å². The zero-order valence-electron chi connectivity index (χ0n) is 8.96. The molecule has 1 heterocycles. The van der Waals surface area contributed by atoms with Gasteiger partial charge in [-0.25, -0.2) is 0 Å². The molecule has 2 rings (SSSR count). The summed E-state index contributed by atoms with van der Waals surface area (Å²) in [7, 11) is 2.06. The van der Waals surface area contributed by atoms with E-state index in [0.717, 1.165) is 0 Å². The molecule has 72 valence electrons. The first kappa shape index (κ1) is 8.79. The van der Waals surface area contributed by atoms with Crippen LogP contribution in [0.4, 0.5) is 0 Å². The molecule has 0 atom stereocenters. The molecule has 0 N–H and O–H groups in total. The van der Waals surface area contributed by atoms with Crippen molar-refractivity contribution in [1.82, 2.24) is 9.78 Å². The van der Waals surface area contributed by atoms with Gasteiger partial charge in [0.1, 0.15) is 0 Å². The van der Waals surface area contributed by atoms with Crippen molar-refractivity contribution in [2.45, 2.75) is 44.9 Å². The molecule has 1 aliphatic carbocycles. The Morgan fingerprint density at radius 3 is 2.54 bits per heavy atom. The summed E-state index contributed by atoms with van der Waals surface area (Å²) in [6, 6.07) is 0. The van der Waals surface area contributed by atoms with Crippen molar-refractivity contribution < 1.29 is 0 Å². The lowest BCUT2D eigenvalue weighted by Crippen LogP contribution is -2.11. The summed E-state index contributed by atoms with van der Waals surface area (Å²) in [5.41, 5.74) is 3.33. The number of rotatable bonds is 2. The summed E-state index contributed by atoms with van der Waals surface area (Å²) in [6.07, 6.45) is 4.68. The molecule has 1 aromatic rings. The van der Waals surface area contributed by atoms with Crippen LogP contribution >= 0.6 is 0 Å². The molecule has 0 aliphatic heterocycles. The molecule has 1 fully saturated rings. The summed E-state index contributed by atoms with van der Waals surface area (Å²) in [5.74, 6) is 0.598. The van der Waals surface area contributed by atoms with Gasteiger partial charge in [0.15, 0.2) is 0 Å². The first-order chi connectivity index (χ1) is 6.04. The van der Waals surface area contributed by atoms with Crippen LogP contribution in [-0.4, -0.2) is 9.78 Å². The second-order valence-corrected chi connectivity index (χ2v) is 4.79. The van der Waals surface area contributed by atoms with E-state index in [4.69, 9.17) is 0 Å². The zero-order chi connectivity index (χ0) is 9.64. The van der Waals surface area contributed by atoms with Crippen molar-refractivity contribution in [1.29, 1.82) is 0 Å². The maximum absolute atomic E-state index is 4.36. The van der Waals surface area contributed by atoms with E-state index in [9.17, 15) is 0 Å². The topological polar surface area (TPSA) is 17.8 Å². The van der Waals surface area contributed by atoms with Gasteiger partial charge in [-0.3, -0.25) is 4.68 Å². The maximum Gasteiger partial charge on any atom is 0.0527 e. The SMILES string of the molecule is CC(C)c1cnn(C)c1C1(C)CC1. The fraction of sp³-hybridized carbons (Fsp3) is 0.727. The van der Waals surface area contributed by atoms with Gasteiger partial charge in [-0.05, 0) is 24.3 Å². The van der Waals surface area contributed by atoms with Crippen molar-refractivity contribution in [3.8, 4) is 0 Å². The highest BCUT2D eigenvalue weighted by molar-refractivity contribution is 5.33. The first-order valence-electron chi connectivity index (χ1n) is 5.07. The van der Waals surface area contributed by atoms with Crippen molar-refractivity contribution in [3.05, 3.63) is 17.5 Å². The lowest BCUT2D eigenvalue weighted by molar-refractivity contribution is 0.623. The molecule has 2 heteroatoms. The minimum atomic E-state index is 0.435. The molecule has 2 nitrogen and oxygen atoms in total. The Kier molecular flexibility index (Phi) is 1.76. The zero-order valence-corrected chi connectivity index (χ0v) is 8.96. The summed E-state index contributed by atoms with van der Waals surface area (Å²) in [4.78, 5) is 0. The predicted molar refractivity (Wildman–Crippen MR) is 53.9 cm³/mol. The van der Waals surface area contributed by atoms with Crippen molar-refractivity contribution in [2.75, 3.05) is 0 Å². The standard InChI is InChI=1S/C11H18N2/c1-8(2)9-7-12-13(4)10(9)11(3)5-6-11/h7-8H,5-6H2,1-4H3. The smallest absolute Gasteiger partial charge is 0.0527 e. The minimum Gasteiger partial charge on any atom is -0.272 e. The molecule has 1 aliphatic rings. The van der Waals surface area contributed by atoms with Gasteiger partial charge in [0.2, 0.25) is 0 Å². The molecule has 0 radical (unpaired) electrons. The van der Waals surface area contributed by atoms with E-state index < -0.39 is 0 Å². The van der Waals surface area contributed by atoms with E-state index >= 15 is 0 Å². The Balaban J connectivity index is 2.47. The maximum atomic E-state index is 4.36. The molecule has 0 saturated heterocycles. The minimum absolute atomic E-state index is 0.435. The van der Waals surface area contributed by atoms with E-state index in [1.165, 1.54) is 24.1 Å². The predicted octanol–water partition coefficient (Wildman–Crippen LogP) is 2.60. The first-order valence-corrected chi connectivity index (χ1v) is 5.07. The van der Waals surface area contributed by atoms with E-state index in [1.54, 1.807) is 0 Å². The van der Waals surface area contributed by atoms with Gasteiger partial charge in [0, 0.05) is 18.2 Å². The van der Waals surface area contributed by atoms with Gasteiger partial charge in [-0.15, -0.1) is 0 Å². The second-order valence-electron chi connectivity index (χ2n) is 4.79. The molecule has 13 heavy (non-hydrogen) atoms. The number of hydrogen-bond donors (Lipinski definition) is 0. The van der Waals surface area contributed by atoms with Gasteiger partial charge in [0.05, 0.1) is 6.20 Å². The molecule has 1 saturated carbocycles. The van der Waals surface area contributed by atoms with Crippen LogP contribution in [0.25, 0.3) is 0 Å². The fourth-order valence-corrected chi connectivity index (χ4v) is 2.04. The molecular weight excluding hydrogens is 160 g/mol. The Bertz CT molecular complexity index is 319. The summed E-state index contributed by atoms with van der Waals surface area (Å²) in [6.45, 7) is 6.83. The van der Waals surface area contributed by atoms with E-state index in [1.807, 2.05) is 6.20 Å². The van der Waals surface area contributed by atoms with Crippen molar-refractivity contribution in [3.63, 3.8) is 0 Å². The third-order valence-electron chi connectivity index (χ3n) is 3.16. The highest BCUT2D eigenvalue weighted by Gasteiger charge is 2.43. The van der Waals surface area contributed by atoms with E-state index in [2.05, 4.69) is 37.6 Å². The van der Waals surface area contributed by atoms with Gasteiger partial charge in [0.25, 0.3) is 0 Å². The molecule has 0 amide bonds. The largest absolute Gasteiger partial charge is 0.272 e. The quantitative estimate of drug-likeness (QED) is 0.680. The number of aryl methyl sites for hydroxylation is 1. The van der Waals surface area contributed by atoms with Crippen LogP contribution in [0, 0.1) is 0 Å². The third kappa shape index (κ3) is 1.28. The van der Waals surface area contributed by atoms with Crippen LogP contribution in [0.2, 0.25) is 0 Å². The van der Waals surface area contributed by atoms with E-state index in [-0.39, 0.29) is 0 Å². The number of nitrogens with zero attached hydrogens (tertiary/aromatic N) is 2. The van der Waals surface area contributed by atoms with E-state index in [0.29, 0.717) is 11.3 Å². The fourth-order valence-electron chi connectivity index (χ4n) is 2.04. The molecule has 1 aromatic heterocycles. The molecule has 0 aromatic carbocycles. The Morgan fingerprint density at radius 2 is 2.08 bits per heavy atom. The van der Waals surface area contributed by atoms with Gasteiger partial charge < -0.3 is 0 Å². The lowest BCUT2D eigenvalue weighted by Gasteiger charge is -2.14. The van der Waals surface area contributed by atoms with Crippen LogP contribution in [-0.2, 0) is 12.5 Å². The summed E-state index contributed by atoms with van der Waals surface area (Å²) < 4.78 is 2.06. The number of hydrogen-bond acceptors (Lipinski definition) is 1. The van der Waals surface area contributed by atoms with Crippen LogP contribution in [0.1, 0.15) is 50.8 Å². The number of aromatic nitrogens is 2. The summed E-state index contributed by atoms with van der Waals surface area (Å²) in [5, 5.41) is 4.36. The average molecular weight is 178 g/mol. The summed E-state index contributed by atoms with van der Waals surface area (Å²) >= 11 is 0. The second kappa shape index (κ2) is 2.60. The van der Waals surface area contributed by atoms with Crippen LogP contribution in [0.15, 0.2) is 6.20 Å². The van der Waals surface area contributed by atoms with Gasteiger partial charge >= 0.3 is 0 Å². The molecule has 0 bridgehead atoms. The normalized spacial score (nSPS) is 19.5. The third-order valence-corrected chi connectivity index (χ3v) is 3.16. The molecule has 0 spiro atoms. The monoisotopic (exact) mass is 178 g/mol. The molecular formula is C11H18N2. The van der Waals surface area contributed by atoms with Crippen LogP contribution < -0.4 is 0 Å². The average Bonchev–Trinajstić information content (AvgIpc) is 2.62. The Morgan fingerprint density at radius 1 is 1.46 bits per heavy atom. The van der Waals surface area contributed by atoms with Crippen LogP contribution in [0.5, 0.6) is 0 Å². The highest BCUT2D eigenvalue weighted by Crippen LogP contribution is 2.49. The highest BCUT2D eigenvalue weighted by atomic mass is 15.3. The van der Waals surface area contributed by atoms with Crippen LogP contribution in [0.3, 0.4) is 0 Å². The Labute approximate surface area is 80.0 Å². The van der Waals surface area contributed by atoms with Crippen molar-refractivity contribution >= 4 is 0 Å². The van der Waals surface area contributed by atoms with Crippen molar-refractivity contribution in [2.24, 2.45) is 7.05 Å².